The van der Waals surface area contributed by atoms with E-state index in [-0.39, 0.29) is 43.6 Å². The lowest BCUT2D eigenvalue weighted by molar-refractivity contribution is -0.128. The molecule has 224 valence electrons. The number of anilines is 2. The molecule has 2 atom stereocenters. The zero-order chi connectivity index (χ0) is 32.4. The first kappa shape index (κ1) is 25.6. The monoisotopic (exact) mass is 602 g/mol. The summed E-state index contributed by atoms with van der Waals surface area (Å²) in [5, 5.41) is 12.3. The molecule has 2 aromatic carbocycles. The molecule has 0 radical (unpaired) electrons. The van der Waals surface area contributed by atoms with Crippen molar-refractivity contribution >= 4 is 39.8 Å². The molecular weight excluding hydrogens is 562 g/mol. The normalized spacial score (nSPS) is 22.0. The van der Waals surface area contributed by atoms with Gasteiger partial charge in [-0.15, -0.1) is 0 Å². The molecule has 43 heavy (non-hydrogen) atoms. The van der Waals surface area contributed by atoms with Gasteiger partial charge in [0.05, 0.1) is 35.8 Å². The summed E-state index contributed by atoms with van der Waals surface area (Å²) in [4.78, 5) is 30.5. The summed E-state index contributed by atoms with van der Waals surface area (Å²) < 4.78 is 29.5. The highest BCUT2D eigenvalue weighted by Gasteiger charge is 2.34. The fourth-order valence-electron chi connectivity index (χ4n) is 6.66. The number of rotatable bonds is 8. The van der Waals surface area contributed by atoms with Crippen LogP contribution in [0.15, 0.2) is 49.1 Å². The molecular formula is C33H38ClN7O2. The maximum atomic E-state index is 12.6. The van der Waals surface area contributed by atoms with E-state index >= 15 is 0 Å². The lowest BCUT2D eigenvalue weighted by atomic mass is 10.0. The Hall–Kier alpha value is -3.87. The van der Waals surface area contributed by atoms with Crippen LogP contribution in [0.25, 0.3) is 10.8 Å². The molecule has 1 amide bonds. The Bertz CT molecular complexity index is 1660. The summed E-state index contributed by atoms with van der Waals surface area (Å²) in [5.41, 5.74) is 2.91. The molecule has 0 N–H and O–H groups in total. The van der Waals surface area contributed by atoms with Crippen LogP contribution in [-0.4, -0.2) is 83.6 Å². The summed E-state index contributed by atoms with van der Waals surface area (Å²) in [7, 11) is 0. The Balaban J connectivity index is 1.32. The van der Waals surface area contributed by atoms with Crippen molar-refractivity contribution < 1.29 is 13.6 Å². The third-order valence-electron chi connectivity index (χ3n) is 8.87. The first-order valence-corrected chi connectivity index (χ1v) is 15.3. The molecule has 3 aliphatic heterocycles. The van der Waals surface area contributed by atoms with Crippen LogP contribution in [0.2, 0.25) is 5.02 Å². The number of nitrogens with zero attached hydrogens (tertiary/aromatic N) is 7. The molecule has 1 aromatic heterocycles. The van der Waals surface area contributed by atoms with Crippen molar-refractivity contribution in [2.75, 3.05) is 55.7 Å². The zero-order valence-electron chi connectivity index (χ0n) is 27.2. The number of likely N-dealkylation sites (tertiary alicyclic amines) is 1. The molecule has 3 aliphatic rings. The third-order valence-corrected chi connectivity index (χ3v) is 9.18. The number of carbonyl (C=O) groups is 1. The number of hydrogen-bond donors (Lipinski definition) is 0. The summed E-state index contributed by atoms with van der Waals surface area (Å²) in [6.45, 7) is 5.32. The van der Waals surface area contributed by atoms with Gasteiger partial charge in [0, 0.05) is 53.0 Å². The van der Waals surface area contributed by atoms with E-state index in [1.807, 2.05) is 23.1 Å². The van der Waals surface area contributed by atoms with Crippen molar-refractivity contribution in [1.82, 2.24) is 19.8 Å². The Morgan fingerprint density at radius 1 is 1.19 bits per heavy atom. The third kappa shape index (κ3) is 5.86. The SMILES string of the molecule is [2H]C([2H])([2H])CN1CCC[C@H]1COc1nc2c(c(N3CCN(C(=O)C=C)[C@@H](CC#N)C3)n1)CCN(c1cccc3cccc(Cl)c13)C2. The molecule has 2 saturated heterocycles. The van der Waals surface area contributed by atoms with Crippen molar-refractivity contribution in [2.24, 2.45) is 0 Å². The van der Waals surface area contributed by atoms with Gasteiger partial charge in [-0.25, -0.2) is 0 Å². The molecule has 0 aliphatic carbocycles. The number of likely N-dealkylation sites (N-methyl/N-ethyl adjacent to an activating group) is 1. The van der Waals surface area contributed by atoms with E-state index in [2.05, 4.69) is 40.6 Å². The number of nitriles is 1. The van der Waals surface area contributed by atoms with Gasteiger partial charge >= 0.3 is 6.01 Å². The number of carbonyl (C=O) groups excluding carboxylic acids is 1. The van der Waals surface area contributed by atoms with Crippen molar-refractivity contribution in [3.8, 4) is 12.1 Å². The Morgan fingerprint density at radius 2 is 2.05 bits per heavy atom. The number of ether oxygens (including phenoxy) is 1. The average molecular weight is 603 g/mol. The van der Waals surface area contributed by atoms with Crippen LogP contribution in [-0.2, 0) is 17.8 Å². The van der Waals surface area contributed by atoms with Crippen molar-refractivity contribution in [2.45, 2.75) is 51.2 Å². The number of halogens is 1. The standard InChI is InChI=1S/C33H38ClN7O2/c1-3-30(42)41-19-18-40(20-24(41)13-15-35)32-26-14-17-39(29-12-6-9-23-8-5-11-27(34)31(23)29)21-28(26)36-33(37-32)43-22-25-10-7-16-38(25)4-2/h3,5-6,8-9,11-12,24-25H,1,4,7,10,13-14,16-22H2,2H3/t24-,25-/m0/s1/i2D3. The quantitative estimate of drug-likeness (QED) is 0.339. The smallest absolute Gasteiger partial charge is 0.318 e. The van der Waals surface area contributed by atoms with Gasteiger partial charge in [-0.3, -0.25) is 9.69 Å². The molecule has 6 rings (SSSR count). The van der Waals surface area contributed by atoms with Crippen LogP contribution in [0.3, 0.4) is 0 Å². The van der Waals surface area contributed by atoms with Crippen molar-refractivity contribution in [3.05, 3.63) is 65.3 Å². The van der Waals surface area contributed by atoms with Gasteiger partial charge in [0.15, 0.2) is 0 Å². The van der Waals surface area contributed by atoms with E-state index in [1.54, 1.807) is 4.90 Å². The number of benzene rings is 2. The van der Waals surface area contributed by atoms with Crippen LogP contribution in [0.4, 0.5) is 11.5 Å². The minimum absolute atomic E-state index is 0.0217. The van der Waals surface area contributed by atoms with Crippen molar-refractivity contribution in [3.63, 3.8) is 0 Å². The molecule has 0 spiro atoms. The van der Waals surface area contributed by atoms with E-state index < -0.39 is 6.85 Å². The number of amides is 1. The van der Waals surface area contributed by atoms with Gasteiger partial charge in [0.2, 0.25) is 5.91 Å². The van der Waals surface area contributed by atoms with Crippen LogP contribution >= 0.6 is 11.6 Å². The molecule has 4 heterocycles. The fourth-order valence-corrected chi connectivity index (χ4v) is 6.94. The lowest BCUT2D eigenvalue weighted by Crippen LogP contribution is -2.55. The Kier molecular flexibility index (Phi) is 7.61. The number of piperazine rings is 1. The molecule has 3 aromatic rings. The highest BCUT2D eigenvalue weighted by Crippen LogP contribution is 2.37. The van der Waals surface area contributed by atoms with E-state index in [0.717, 1.165) is 59.5 Å². The van der Waals surface area contributed by atoms with Gasteiger partial charge in [-0.2, -0.15) is 15.2 Å². The van der Waals surface area contributed by atoms with Crippen LogP contribution < -0.4 is 14.5 Å². The number of fused-ring (bicyclic) bond motifs is 2. The van der Waals surface area contributed by atoms with Gasteiger partial charge in [-0.1, -0.05) is 49.3 Å². The summed E-state index contributed by atoms with van der Waals surface area (Å²) >= 11 is 6.70. The second-order valence-electron chi connectivity index (χ2n) is 11.3. The van der Waals surface area contributed by atoms with Gasteiger partial charge in [-0.05, 0) is 55.9 Å². The summed E-state index contributed by atoms with van der Waals surface area (Å²) in [6, 6.07) is 14.2. The van der Waals surface area contributed by atoms with Crippen LogP contribution in [0, 0.1) is 11.3 Å². The van der Waals surface area contributed by atoms with E-state index in [4.69, 9.17) is 30.4 Å². The zero-order valence-corrected chi connectivity index (χ0v) is 25.0. The molecule has 0 bridgehead atoms. The van der Waals surface area contributed by atoms with E-state index in [0.29, 0.717) is 37.6 Å². The van der Waals surface area contributed by atoms with Gasteiger partial charge in [0.25, 0.3) is 0 Å². The molecule has 9 nitrogen and oxygen atoms in total. The predicted molar refractivity (Wildman–Crippen MR) is 170 cm³/mol. The lowest BCUT2D eigenvalue weighted by Gasteiger charge is -2.42. The van der Waals surface area contributed by atoms with Crippen molar-refractivity contribution in [1.29, 1.82) is 5.26 Å². The van der Waals surface area contributed by atoms with E-state index in [9.17, 15) is 10.1 Å². The second kappa shape index (κ2) is 12.8. The number of aromatic nitrogens is 2. The summed E-state index contributed by atoms with van der Waals surface area (Å²) in [5.74, 6) is 0.575. The topological polar surface area (TPSA) is 88.8 Å². The van der Waals surface area contributed by atoms with E-state index in [1.165, 1.54) is 6.08 Å². The maximum absolute atomic E-state index is 12.6. The molecule has 0 unspecified atom stereocenters. The molecule has 0 saturated carbocycles. The number of hydrogen-bond acceptors (Lipinski definition) is 8. The minimum atomic E-state index is -2.04. The van der Waals surface area contributed by atoms with Gasteiger partial charge < -0.3 is 19.4 Å². The van der Waals surface area contributed by atoms with Crippen LogP contribution in [0.5, 0.6) is 6.01 Å². The summed E-state index contributed by atoms with van der Waals surface area (Å²) in [6.07, 6.45) is 3.94. The second-order valence-corrected chi connectivity index (χ2v) is 11.7. The first-order chi connectivity index (χ1) is 22.1. The van der Waals surface area contributed by atoms with Gasteiger partial charge in [0.1, 0.15) is 12.4 Å². The molecule has 10 heteroatoms. The molecule has 2 fully saturated rings. The largest absolute Gasteiger partial charge is 0.462 e. The fraction of sp³-hybridized carbons (Fsp3) is 0.455. The minimum Gasteiger partial charge on any atom is -0.462 e. The first-order valence-electron chi connectivity index (χ1n) is 16.4. The highest BCUT2D eigenvalue weighted by molar-refractivity contribution is 6.36. The maximum Gasteiger partial charge on any atom is 0.318 e. The highest BCUT2D eigenvalue weighted by atomic mass is 35.5. The Labute approximate surface area is 262 Å². The average Bonchev–Trinajstić information content (AvgIpc) is 3.48. The van der Waals surface area contributed by atoms with Crippen LogP contribution in [0.1, 0.15) is 41.5 Å². The Morgan fingerprint density at radius 3 is 2.86 bits per heavy atom. The predicted octanol–water partition coefficient (Wildman–Crippen LogP) is 4.83.